The van der Waals surface area contributed by atoms with Crippen molar-refractivity contribution in [1.82, 2.24) is 0 Å². The first-order chi connectivity index (χ1) is 8.70. The van der Waals surface area contributed by atoms with Crippen LogP contribution < -0.4 is 0 Å². The SMILES string of the molecule is C#Cc1ccccc1CC(=O)O.c1cc2cc-2c1. The molecule has 0 bridgehead atoms. The lowest BCUT2D eigenvalue weighted by Crippen LogP contribution is -2.01. The van der Waals surface area contributed by atoms with Crippen LogP contribution in [0.3, 0.4) is 0 Å². The predicted octanol–water partition coefficient (Wildman–Crippen LogP) is 2.96. The van der Waals surface area contributed by atoms with Crippen molar-refractivity contribution in [2.75, 3.05) is 0 Å². The number of benzene rings is 2. The van der Waals surface area contributed by atoms with Crippen molar-refractivity contribution in [3.8, 4) is 23.5 Å². The van der Waals surface area contributed by atoms with E-state index >= 15 is 0 Å². The van der Waals surface area contributed by atoms with E-state index in [0.29, 0.717) is 11.1 Å². The van der Waals surface area contributed by atoms with Gasteiger partial charge in [-0.15, -0.1) is 6.42 Å². The summed E-state index contributed by atoms with van der Waals surface area (Å²) in [5.74, 6) is 1.57. The molecule has 0 aromatic heterocycles. The van der Waals surface area contributed by atoms with E-state index in [4.69, 9.17) is 11.5 Å². The van der Waals surface area contributed by atoms with Crippen LogP contribution in [-0.2, 0) is 11.2 Å². The van der Waals surface area contributed by atoms with Crippen LogP contribution in [-0.4, -0.2) is 11.1 Å². The highest BCUT2D eigenvalue weighted by molar-refractivity contribution is 5.80. The Kier molecular flexibility index (Phi) is 3.45. The summed E-state index contributed by atoms with van der Waals surface area (Å²) >= 11 is 0. The molecule has 1 aromatic carbocycles. The zero-order chi connectivity index (χ0) is 13.0. The molecule has 0 saturated heterocycles. The van der Waals surface area contributed by atoms with Gasteiger partial charge >= 0.3 is 5.97 Å². The summed E-state index contributed by atoms with van der Waals surface area (Å²) in [7, 11) is 0. The Morgan fingerprint density at radius 2 is 1.78 bits per heavy atom. The number of hydrogen-bond donors (Lipinski definition) is 1. The van der Waals surface area contributed by atoms with Gasteiger partial charge in [0, 0.05) is 5.56 Å². The Morgan fingerprint density at radius 1 is 1.11 bits per heavy atom. The molecule has 0 heterocycles. The fourth-order valence-corrected chi connectivity index (χ4v) is 1.65. The summed E-state index contributed by atoms with van der Waals surface area (Å²) in [4.78, 5) is 10.4. The number of terminal acetylenes is 1. The highest BCUT2D eigenvalue weighted by Gasteiger charge is 2.07. The molecule has 3 rings (SSSR count). The fraction of sp³-hybridized carbons (Fsp3) is 0.0625. The molecule has 88 valence electrons. The molecule has 1 N–H and O–H groups in total. The highest BCUT2D eigenvalue weighted by Crippen LogP contribution is 2.32. The van der Waals surface area contributed by atoms with Gasteiger partial charge in [0.25, 0.3) is 0 Å². The molecule has 0 radical (unpaired) electrons. The van der Waals surface area contributed by atoms with Crippen molar-refractivity contribution in [3.05, 3.63) is 59.7 Å². The van der Waals surface area contributed by atoms with Crippen molar-refractivity contribution in [2.45, 2.75) is 6.42 Å². The number of carbonyl (C=O) groups is 1. The smallest absolute Gasteiger partial charge is 0.307 e. The first-order valence-electron chi connectivity index (χ1n) is 5.57. The summed E-state index contributed by atoms with van der Waals surface area (Å²) < 4.78 is 0. The second-order valence-electron chi connectivity index (χ2n) is 3.95. The zero-order valence-electron chi connectivity index (χ0n) is 9.76. The molecule has 0 spiro atoms. The number of carboxylic acid groups (broad SMARTS) is 1. The molecule has 0 amide bonds. The van der Waals surface area contributed by atoms with Crippen LogP contribution in [0.4, 0.5) is 0 Å². The van der Waals surface area contributed by atoms with E-state index in [9.17, 15) is 4.79 Å². The minimum Gasteiger partial charge on any atom is -0.481 e. The van der Waals surface area contributed by atoms with Gasteiger partial charge in [-0.2, -0.15) is 0 Å². The van der Waals surface area contributed by atoms with Crippen LogP contribution in [0.25, 0.3) is 11.1 Å². The lowest BCUT2D eigenvalue weighted by atomic mass is 10.1. The Balaban J connectivity index is 0.000000164. The lowest BCUT2D eigenvalue weighted by Gasteiger charge is -1.99. The number of fused-ring (bicyclic) bond motifs is 1. The Morgan fingerprint density at radius 3 is 2.22 bits per heavy atom. The molecule has 2 nitrogen and oxygen atoms in total. The van der Waals surface area contributed by atoms with Gasteiger partial charge in [-0.05, 0) is 28.8 Å². The van der Waals surface area contributed by atoms with E-state index < -0.39 is 5.97 Å². The predicted molar refractivity (Wildman–Crippen MR) is 71.2 cm³/mol. The number of hydrogen-bond acceptors (Lipinski definition) is 1. The lowest BCUT2D eigenvalue weighted by molar-refractivity contribution is -0.136. The van der Waals surface area contributed by atoms with Crippen LogP contribution in [0.5, 0.6) is 0 Å². The molecule has 2 aliphatic carbocycles. The highest BCUT2D eigenvalue weighted by atomic mass is 16.4. The Hall–Kier alpha value is -2.53. The minimum atomic E-state index is -0.863. The van der Waals surface area contributed by atoms with E-state index in [-0.39, 0.29) is 6.42 Å². The van der Waals surface area contributed by atoms with Gasteiger partial charge < -0.3 is 5.11 Å². The Bertz CT molecular complexity index is 604. The quantitative estimate of drug-likeness (QED) is 0.694. The van der Waals surface area contributed by atoms with E-state index in [1.54, 1.807) is 24.3 Å². The van der Waals surface area contributed by atoms with E-state index in [1.807, 2.05) is 0 Å². The molecule has 0 fully saturated rings. The van der Waals surface area contributed by atoms with E-state index in [2.05, 4.69) is 30.2 Å². The summed E-state index contributed by atoms with van der Waals surface area (Å²) in [5, 5.41) is 8.52. The normalized spacial score (nSPS) is 9.72. The second kappa shape index (κ2) is 5.20. The fourth-order valence-electron chi connectivity index (χ4n) is 1.65. The van der Waals surface area contributed by atoms with Gasteiger partial charge in [0.2, 0.25) is 0 Å². The standard InChI is InChI=1S/C10H8O2.C6H4/c1-2-8-5-3-4-6-9(8)7-10(11)12;1-2-5-4-6(5)3-1/h1,3-6H,7H2,(H,11,12);1-4H. The topological polar surface area (TPSA) is 37.3 Å². The summed E-state index contributed by atoms with van der Waals surface area (Å²) in [6, 6.07) is 15.5. The van der Waals surface area contributed by atoms with Crippen molar-refractivity contribution >= 4 is 5.97 Å². The van der Waals surface area contributed by atoms with Gasteiger partial charge in [0.15, 0.2) is 0 Å². The average molecular weight is 236 g/mol. The zero-order valence-corrected chi connectivity index (χ0v) is 9.76. The third-order valence-electron chi connectivity index (χ3n) is 2.63. The molecular formula is C16H12O2. The van der Waals surface area contributed by atoms with E-state index in [0.717, 1.165) is 0 Å². The van der Waals surface area contributed by atoms with Gasteiger partial charge in [0.1, 0.15) is 0 Å². The third-order valence-corrected chi connectivity index (χ3v) is 2.63. The maximum atomic E-state index is 10.4. The van der Waals surface area contributed by atoms with Gasteiger partial charge in [-0.1, -0.05) is 42.3 Å². The van der Waals surface area contributed by atoms with Gasteiger partial charge in [-0.3, -0.25) is 4.79 Å². The van der Waals surface area contributed by atoms with Crippen molar-refractivity contribution < 1.29 is 9.90 Å². The molecule has 2 aliphatic rings. The summed E-state index contributed by atoms with van der Waals surface area (Å²) in [6.45, 7) is 0. The third kappa shape index (κ3) is 2.99. The number of aliphatic carboxylic acids is 1. The van der Waals surface area contributed by atoms with Crippen LogP contribution in [0.2, 0.25) is 0 Å². The van der Waals surface area contributed by atoms with E-state index in [1.165, 1.54) is 11.1 Å². The van der Waals surface area contributed by atoms with Crippen molar-refractivity contribution in [2.24, 2.45) is 0 Å². The molecule has 0 unspecified atom stereocenters. The largest absolute Gasteiger partial charge is 0.481 e. The molecule has 0 saturated carbocycles. The second-order valence-corrected chi connectivity index (χ2v) is 3.95. The number of rotatable bonds is 2. The molecule has 0 atom stereocenters. The molecule has 18 heavy (non-hydrogen) atoms. The summed E-state index contributed by atoms with van der Waals surface area (Å²) in [6.07, 6.45) is 5.17. The first kappa shape index (κ1) is 11.9. The molecular weight excluding hydrogens is 224 g/mol. The van der Waals surface area contributed by atoms with Crippen LogP contribution in [0, 0.1) is 12.3 Å². The van der Waals surface area contributed by atoms with Crippen molar-refractivity contribution in [1.29, 1.82) is 0 Å². The maximum Gasteiger partial charge on any atom is 0.307 e. The first-order valence-corrected chi connectivity index (χ1v) is 5.57. The molecule has 1 aromatic rings. The average Bonchev–Trinajstić information content (AvgIpc) is 2.97. The molecule has 2 heteroatoms. The van der Waals surface area contributed by atoms with Crippen LogP contribution in [0.1, 0.15) is 11.1 Å². The number of carboxylic acids is 1. The Labute approximate surface area is 106 Å². The monoisotopic (exact) mass is 236 g/mol. The van der Waals surface area contributed by atoms with Gasteiger partial charge in [-0.25, -0.2) is 0 Å². The van der Waals surface area contributed by atoms with Gasteiger partial charge in [0.05, 0.1) is 6.42 Å². The maximum absolute atomic E-state index is 10.4. The summed E-state index contributed by atoms with van der Waals surface area (Å²) in [5.41, 5.74) is 4.19. The minimum absolute atomic E-state index is 0.0135. The van der Waals surface area contributed by atoms with Crippen molar-refractivity contribution in [3.63, 3.8) is 0 Å². The van der Waals surface area contributed by atoms with Crippen LogP contribution in [0.15, 0.2) is 48.5 Å². The van der Waals surface area contributed by atoms with Crippen LogP contribution >= 0.6 is 0 Å². The molecule has 0 aliphatic heterocycles.